The molecule has 1 aromatic carbocycles. The third-order valence-electron chi connectivity index (χ3n) is 3.20. The summed E-state index contributed by atoms with van der Waals surface area (Å²) in [6, 6.07) is 9.49. The van der Waals surface area contributed by atoms with E-state index in [-0.39, 0.29) is 0 Å². The summed E-state index contributed by atoms with van der Waals surface area (Å²) >= 11 is 0. The highest BCUT2D eigenvalue weighted by Crippen LogP contribution is 2.11. The second-order valence-corrected chi connectivity index (χ2v) is 4.53. The highest BCUT2D eigenvalue weighted by Gasteiger charge is 2.18. The molecule has 0 amide bonds. The quantitative estimate of drug-likeness (QED) is 0.784. The van der Waals surface area contributed by atoms with Gasteiger partial charge in [0.05, 0.1) is 0 Å². The van der Waals surface area contributed by atoms with Crippen molar-refractivity contribution >= 4 is 0 Å². The molecule has 1 saturated heterocycles. The molecule has 0 saturated carbocycles. The normalized spacial score (nSPS) is 22.9. The summed E-state index contributed by atoms with van der Waals surface area (Å²) in [6.07, 6.45) is 1.16. The van der Waals surface area contributed by atoms with E-state index in [0.717, 1.165) is 26.1 Å². The van der Waals surface area contributed by atoms with Crippen LogP contribution < -0.4 is 5.32 Å². The van der Waals surface area contributed by atoms with E-state index in [9.17, 15) is 0 Å². The van der Waals surface area contributed by atoms with Crippen molar-refractivity contribution in [3.8, 4) is 0 Å². The molecule has 0 aromatic heterocycles. The fourth-order valence-corrected chi connectivity index (χ4v) is 2.20. The molecule has 1 N–H and O–H groups in total. The number of nitrogens with one attached hydrogen (secondary N) is 1. The van der Waals surface area contributed by atoms with E-state index in [0.29, 0.717) is 6.04 Å². The van der Waals surface area contributed by atoms with Crippen molar-refractivity contribution in [2.24, 2.45) is 0 Å². The minimum Gasteiger partial charge on any atom is -0.314 e. The molecule has 2 nitrogen and oxygen atoms in total. The molecule has 1 aromatic rings. The summed E-state index contributed by atoms with van der Waals surface area (Å²) in [5.41, 5.74) is 2.81. The number of benzene rings is 1. The third-order valence-corrected chi connectivity index (χ3v) is 3.20. The number of hydrogen-bond donors (Lipinski definition) is 1. The van der Waals surface area contributed by atoms with Gasteiger partial charge in [0.1, 0.15) is 0 Å². The van der Waals surface area contributed by atoms with Crippen LogP contribution in [-0.2, 0) is 6.42 Å². The molecule has 82 valence electrons. The van der Waals surface area contributed by atoms with Crippen LogP contribution in [0.3, 0.4) is 0 Å². The lowest BCUT2D eigenvalue weighted by Crippen LogP contribution is -2.50. The van der Waals surface area contributed by atoms with Gasteiger partial charge in [0.2, 0.25) is 0 Å². The Balaban J connectivity index is 2.01. The van der Waals surface area contributed by atoms with Gasteiger partial charge in [-0.25, -0.2) is 0 Å². The average Bonchev–Trinajstić information content (AvgIpc) is 2.22. The van der Waals surface area contributed by atoms with Gasteiger partial charge >= 0.3 is 0 Å². The van der Waals surface area contributed by atoms with Crippen LogP contribution in [0, 0.1) is 6.92 Å². The summed E-state index contributed by atoms with van der Waals surface area (Å²) < 4.78 is 0. The first-order valence-corrected chi connectivity index (χ1v) is 5.72. The van der Waals surface area contributed by atoms with E-state index >= 15 is 0 Å². The van der Waals surface area contributed by atoms with Crippen LogP contribution in [0.15, 0.2) is 24.3 Å². The molecule has 1 unspecified atom stereocenters. The first kappa shape index (κ1) is 10.7. The Hall–Kier alpha value is -0.860. The largest absolute Gasteiger partial charge is 0.314 e. The number of aryl methyl sites for hydroxylation is 1. The van der Waals surface area contributed by atoms with Crippen LogP contribution in [0.25, 0.3) is 0 Å². The Morgan fingerprint density at radius 3 is 3.07 bits per heavy atom. The first-order chi connectivity index (χ1) is 7.25. The fraction of sp³-hybridized carbons (Fsp3) is 0.538. The topological polar surface area (TPSA) is 15.3 Å². The highest BCUT2D eigenvalue weighted by molar-refractivity contribution is 5.23. The lowest BCUT2D eigenvalue weighted by Gasteiger charge is -2.33. The molecule has 1 heterocycles. The van der Waals surface area contributed by atoms with Gasteiger partial charge < -0.3 is 10.2 Å². The van der Waals surface area contributed by atoms with Gasteiger partial charge in [-0.2, -0.15) is 0 Å². The van der Waals surface area contributed by atoms with Crippen molar-refractivity contribution in [1.29, 1.82) is 0 Å². The third kappa shape index (κ3) is 2.80. The molecular weight excluding hydrogens is 184 g/mol. The predicted octanol–water partition coefficient (Wildman–Crippen LogP) is 1.44. The molecule has 2 rings (SSSR count). The number of nitrogens with zero attached hydrogens (tertiary/aromatic N) is 1. The Bertz CT molecular complexity index is 322. The molecule has 0 bridgehead atoms. The molecular formula is C13H20N2. The molecule has 0 aliphatic carbocycles. The summed E-state index contributed by atoms with van der Waals surface area (Å²) in [4.78, 5) is 2.46. The molecule has 0 radical (unpaired) electrons. The first-order valence-electron chi connectivity index (χ1n) is 5.72. The lowest BCUT2D eigenvalue weighted by atomic mass is 10.0. The van der Waals surface area contributed by atoms with Gasteiger partial charge in [0.25, 0.3) is 0 Å². The van der Waals surface area contributed by atoms with Crippen molar-refractivity contribution in [2.75, 3.05) is 26.7 Å². The van der Waals surface area contributed by atoms with Gasteiger partial charge in [0.15, 0.2) is 0 Å². The highest BCUT2D eigenvalue weighted by atomic mass is 15.2. The van der Waals surface area contributed by atoms with E-state index in [2.05, 4.69) is 48.5 Å². The predicted molar refractivity (Wildman–Crippen MR) is 64.2 cm³/mol. The van der Waals surface area contributed by atoms with Crippen molar-refractivity contribution in [2.45, 2.75) is 19.4 Å². The zero-order valence-corrected chi connectivity index (χ0v) is 9.66. The maximum absolute atomic E-state index is 3.46. The Labute approximate surface area is 92.3 Å². The average molecular weight is 204 g/mol. The minimum absolute atomic E-state index is 0.653. The Morgan fingerprint density at radius 2 is 2.33 bits per heavy atom. The summed E-state index contributed by atoms with van der Waals surface area (Å²) in [5, 5.41) is 3.46. The molecule has 1 aliphatic heterocycles. The van der Waals surface area contributed by atoms with Crippen LogP contribution in [0.4, 0.5) is 0 Å². The van der Waals surface area contributed by atoms with E-state index in [1.807, 2.05) is 0 Å². The zero-order chi connectivity index (χ0) is 10.7. The van der Waals surface area contributed by atoms with Crippen LogP contribution in [0.5, 0.6) is 0 Å². The van der Waals surface area contributed by atoms with Gasteiger partial charge in [-0.3, -0.25) is 0 Å². The second-order valence-electron chi connectivity index (χ2n) is 4.53. The van der Waals surface area contributed by atoms with Gasteiger partial charge in [-0.15, -0.1) is 0 Å². The molecule has 15 heavy (non-hydrogen) atoms. The maximum Gasteiger partial charge on any atom is 0.0258 e. The fourth-order valence-electron chi connectivity index (χ4n) is 2.20. The second kappa shape index (κ2) is 4.77. The Kier molecular flexibility index (Phi) is 3.39. The van der Waals surface area contributed by atoms with Crippen LogP contribution in [0.1, 0.15) is 11.1 Å². The van der Waals surface area contributed by atoms with E-state index in [1.54, 1.807) is 0 Å². The summed E-state index contributed by atoms with van der Waals surface area (Å²) in [6.45, 7) is 5.56. The lowest BCUT2D eigenvalue weighted by molar-refractivity contribution is 0.199. The summed E-state index contributed by atoms with van der Waals surface area (Å²) in [5.74, 6) is 0. The molecule has 0 spiro atoms. The molecule has 1 fully saturated rings. The van der Waals surface area contributed by atoms with Gasteiger partial charge in [-0.05, 0) is 26.0 Å². The number of hydrogen-bond acceptors (Lipinski definition) is 2. The van der Waals surface area contributed by atoms with Crippen LogP contribution in [-0.4, -0.2) is 37.6 Å². The molecule has 2 heteroatoms. The SMILES string of the molecule is Cc1cccc(CC2CNCCN2C)c1. The molecule has 1 atom stereocenters. The number of piperazine rings is 1. The minimum atomic E-state index is 0.653. The number of likely N-dealkylation sites (N-methyl/N-ethyl adjacent to an activating group) is 1. The van der Waals surface area contributed by atoms with Gasteiger partial charge in [-0.1, -0.05) is 29.8 Å². The molecule has 1 aliphatic rings. The van der Waals surface area contributed by atoms with E-state index < -0.39 is 0 Å². The zero-order valence-electron chi connectivity index (χ0n) is 9.66. The van der Waals surface area contributed by atoms with Crippen molar-refractivity contribution in [3.05, 3.63) is 35.4 Å². The number of rotatable bonds is 2. The van der Waals surface area contributed by atoms with Crippen molar-refractivity contribution < 1.29 is 0 Å². The van der Waals surface area contributed by atoms with E-state index in [1.165, 1.54) is 11.1 Å². The van der Waals surface area contributed by atoms with E-state index in [4.69, 9.17) is 0 Å². The van der Waals surface area contributed by atoms with Crippen LogP contribution in [0.2, 0.25) is 0 Å². The smallest absolute Gasteiger partial charge is 0.0258 e. The monoisotopic (exact) mass is 204 g/mol. The summed E-state index contributed by atoms with van der Waals surface area (Å²) in [7, 11) is 2.22. The van der Waals surface area contributed by atoms with Crippen LogP contribution >= 0.6 is 0 Å². The van der Waals surface area contributed by atoms with Gasteiger partial charge in [0, 0.05) is 25.7 Å². The van der Waals surface area contributed by atoms with Crippen molar-refractivity contribution in [3.63, 3.8) is 0 Å². The van der Waals surface area contributed by atoms with Crippen molar-refractivity contribution in [1.82, 2.24) is 10.2 Å². The maximum atomic E-state index is 3.46. The standard InChI is InChI=1S/C13H20N2/c1-11-4-3-5-12(8-11)9-13-10-14-6-7-15(13)2/h3-5,8,13-14H,6-7,9-10H2,1-2H3. The Morgan fingerprint density at radius 1 is 1.47 bits per heavy atom.